The van der Waals surface area contributed by atoms with Crippen molar-refractivity contribution in [1.82, 2.24) is 0 Å². The van der Waals surface area contributed by atoms with Crippen molar-refractivity contribution >= 4 is 0 Å². The molecule has 0 amide bonds. The predicted molar refractivity (Wildman–Crippen MR) is 81.4 cm³/mol. The van der Waals surface area contributed by atoms with Gasteiger partial charge in [0, 0.05) is 5.92 Å². The van der Waals surface area contributed by atoms with Crippen molar-refractivity contribution in [2.45, 2.75) is 58.7 Å². The lowest BCUT2D eigenvalue weighted by Crippen LogP contribution is -2.35. The first-order valence-corrected chi connectivity index (χ1v) is 8.34. The van der Waals surface area contributed by atoms with Crippen LogP contribution in [-0.4, -0.2) is 19.5 Å². The fraction of sp³-hybridized carbons (Fsp3) is 0.778. The normalized spacial score (nSPS) is 39.1. The Balaban J connectivity index is 1.55. The van der Waals surface area contributed by atoms with E-state index in [-0.39, 0.29) is 6.29 Å². The quantitative estimate of drug-likeness (QED) is 0.741. The third kappa shape index (κ3) is 3.35. The molecule has 0 N–H and O–H groups in total. The van der Waals surface area contributed by atoms with Gasteiger partial charge in [-0.3, -0.25) is 0 Å². The van der Waals surface area contributed by atoms with Crippen LogP contribution in [0.1, 0.15) is 52.4 Å². The summed E-state index contributed by atoms with van der Waals surface area (Å²) in [7, 11) is 0. The van der Waals surface area contributed by atoms with Gasteiger partial charge in [-0.1, -0.05) is 19.1 Å². The van der Waals surface area contributed by atoms with Crippen molar-refractivity contribution in [3.8, 4) is 0 Å². The standard InChI is InChI=1S/C18H28O2/c1-13-3-5-15(6-4-13)16-7-9-17(10-8-16)18-11-19-14(2)20-12-18/h5,7,13-14,17-18H,3-4,6,8-12H2,1-2H3. The first-order chi connectivity index (χ1) is 9.72. The highest BCUT2D eigenvalue weighted by molar-refractivity contribution is 5.33. The van der Waals surface area contributed by atoms with Crippen LogP contribution in [0.3, 0.4) is 0 Å². The summed E-state index contributed by atoms with van der Waals surface area (Å²) < 4.78 is 11.3. The van der Waals surface area contributed by atoms with Crippen LogP contribution in [0.2, 0.25) is 0 Å². The van der Waals surface area contributed by atoms with E-state index in [9.17, 15) is 0 Å². The smallest absolute Gasteiger partial charge is 0.154 e. The van der Waals surface area contributed by atoms with Gasteiger partial charge in [-0.25, -0.2) is 0 Å². The number of rotatable bonds is 2. The molecule has 0 spiro atoms. The van der Waals surface area contributed by atoms with Crippen LogP contribution >= 0.6 is 0 Å². The maximum atomic E-state index is 5.64. The lowest BCUT2D eigenvalue weighted by molar-refractivity contribution is -0.198. The van der Waals surface area contributed by atoms with Crippen LogP contribution in [0.5, 0.6) is 0 Å². The Kier molecular flexibility index (Phi) is 4.62. The molecule has 3 rings (SSSR count). The van der Waals surface area contributed by atoms with Crippen molar-refractivity contribution in [3.63, 3.8) is 0 Å². The van der Waals surface area contributed by atoms with E-state index in [2.05, 4.69) is 19.1 Å². The van der Waals surface area contributed by atoms with Crippen LogP contribution < -0.4 is 0 Å². The molecule has 3 aliphatic rings. The maximum Gasteiger partial charge on any atom is 0.154 e. The van der Waals surface area contributed by atoms with Crippen LogP contribution in [0.15, 0.2) is 23.3 Å². The van der Waals surface area contributed by atoms with E-state index in [1.54, 1.807) is 11.1 Å². The van der Waals surface area contributed by atoms with Crippen LogP contribution in [-0.2, 0) is 9.47 Å². The number of hydrogen-bond acceptors (Lipinski definition) is 2. The van der Waals surface area contributed by atoms with E-state index in [1.165, 1.54) is 38.5 Å². The molecule has 0 radical (unpaired) electrons. The lowest BCUT2D eigenvalue weighted by Gasteiger charge is -2.35. The van der Waals surface area contributed by atoms with Crippen molar-refractivity contribution in [3.05, 3.63) is 23.3 Å². The SMILES string of the molecule is CC1CC=C(C2=CCC(C3COC(C)OC3)CC2)CC1. The van der Waals surface area contributed by atoms with Gasteiger partial charge in [0.1, 0.15) is 0 Å². The number of ether oxygens (including phenoxy) is 2. The van der Waals surface area contributed by atoms with E-state index in [4.69, 9.17) is 9.47 Å². The van der Waals surface area contributed by atoms with E-state index in [0.717, 1.165) is 25.0 Å². The molecule has 2 aliphatic carbocycles. The Morgan fingerprint density at radius 1 is 0.850 bits per heavy atom. The highest BCUT2D eigenvalue weighted by Gasteiger charge is 2.29. The lowest BCUT2D eigenvalue weighted by atomic mass is 9.77. The van der Waals surface area contributed by atoms with Gasteiger partial charge in [-0.15, -0.1) is 0 Å². The van der Waals surface area contributed by atoms with Crippen LogP contribution in [0, 0.1) is 17.8 Å². The van der Waals surface area contributed by atoms with Crippen LogP contribution in [0.25, 0.3) is 0 Å². The second kappa shape index (κ2) is 6.44. The first-order valence-electron chi connectivity index (χ1n) is 8.34. The summed E-state index contributed by atoms with van der Waals surface area (Å²) in [4.78, 5) is 0. The average molecular weight is 276 g/mol. The third-order valence-corrected chi connectivity index (χ3v) is 5.29. The molecular weight excluding hydrogens is 248 g/mol. The van der Waals surface area contributed by atoms with E-state index >= 15 is 0 Å². The summed E-state index contributed by atoms with van der Waals surface area (Å²) in [5.74, 6) is 2.24. The Bertz CT molecular complexity index is 388. The molecule has 1 aliphatic heterocycles. The van der Waals surface area contributed by atoms with E-state index < -0.39 is 0 Å². The molecule has 0 saturated carbocycles. The van der Waals surface area contributed by atoms with Gasteiger partial charge < -0.3 is 9.47 Å². The number of hydrogen-bond donors (Lipinski definition) is 0. The molecule has 0 bridgehead atoms. The minimum absolute atomic E-state index is 0.00433. The van der Waals surface area contributed by atoms with Gasteiger partial charge in [-0.2, -0.15) is 0 Å². The van der Waals surface area contributed by atoms with Crippen LogP contribution in [0.4, 0.5) is 0 Å². The molecule has 2 nitrogen and oxygen atoms in total. The molecule has 0 aromatic heterocycles. The molecule has 2 heteroatoms. The fourth-order valence-electron chi connectivity index (χ4n) is 3.72. The van der Waals surface area contributed by atoms with Crippen molar-refractivity contribution in [2.75, 3.05) is 13.2 Å². The minimum Gasteiger partial charge on any atom is -0.353 e. The third-order valence-electron chi connectivity index (χ3n) is 5.29. The van der Waals surface area contributed by atoms with Gasteiger partial charge in [0.05, 0.1) is 13.2 Å². The second-order valence-corrected chi connectivity index (χ2v) is 6.87. The first kappa shape index (κ1) is 14.3. The summed E-state index contributed by atoms with van der Waals surface area (Å²) in [6.45, 7) is 6.12. The Labute approximate surface area is 123 Å². The largest absolute Gasteiger partial charge is 0.353 e. The van der Waals surface area contributed by atoms with Crippen molar-refractivity contribution in [2.24, 2.45) is 17.8 Å². The highest BCUT2D eigenvalue weighted by atomic mass is 16.7. The Morgan fingerprint density at radius 2 is 1.50 bits per heavy atom. The summed E-state index contributed by atoms with van der Waals surface area (Å²) in [6.07, 6.45) is 12.7. The molecule has 0 aromatic rings. The van der Waals surface area contributed by atoms with Gasteiger partial charge in [0.25, 0.3) is 0 Å². The fourth-order valence-corrected chi connectivity index (χ4v) is 3.72. The molecule has 2 unspecified atom stereocenters. The van der Waals surface area contributed by atoms with Gasteiger partial charge in [0.15, 0.2) is 6.29 Å². The summed E-state index contributed by atoms with van der Waals surface area (Å²) >= 11 is 0. The zero-order chi connectivity index (χ0) is 13.9. The van der Waals surface area contributed by atoms with Crippen molar-refractivity contribution in [1.29, 1.82) is 0 Å². The molecule has 2 atom stereocenters. The second-order valence-electron chi connectivity index (χ2n) is 6.87. The minimum atomic E-state index is -0.00433. The summed E-state index contributed by atoms with van der Waals surface area (Å²) in [5.41, 5.74) is 3.28. The zero-order valence-electron chi connectivity index (χ0n) is 12.9. The molecular formula is C18H28O2. The maximum absolute atomic E-state index is 5.64. The monoisotopic (exact) mass is 276 g/mol. The zero-order valence-corrected chi connectivity index (χ0v) is 12.9. The molecule has 112 valence electrons. The van der Waals surface area contributed by atoms with Gasteiger partial charge in [0.2, 0.25) is 0 Å². The Hall–Kier alpha value is -0.600. The predicted octanol–water partition coefficient (Wildman–Crippen LogP) is 4.47. The molecule has 0 aromatic carbocycles. The van der Waals surface area contributed by atoms with Crippen molar-refractivity contribution < 1.29 is 9.47 Å². The molecule has 1 fully saturated rings. The Morgan fingerprint density at radius 3 is 2.05 bits per heavy atom. The number of allylic oxidation sites excluding steroid dienone is 4. The molecule has 1 saturated heterocycles. The van der Waals surface area contributed by atoms with E-state index in [1.807, 2.05) is 6.92 Å². The van der Waals surface area contributed by atoms with Gasteiger partial charge >= 0.3 is 0 Å². The van der Waals surface area contributed by atoms with Gasteiger partial charge in [-0.05, 0) is 68.4 Å². The topological polar surface area (TPSA) is 18.5 Å². The summed E-state index contributed by atoms with van der Waals surface area (Å²) in [5, 5.41) is 0. The molecule has 1 heterocycles. The highest BCUT2D eigenvalue weighted by Crippen LogP contribution is 2.37. The average Bonchev–Trinajstić information content (AvgIpc) is 2.49. The molecule has 20 heavy (non-hydrogen) atoms. The summed E-state index contributed by atoms with van der Waals surface area (Å²) in [6, 6.07) is 0. The van der Waals surface area contributed by atoms with E-state index in [0.29, 0.717) is 5.92 Å².